The van der Waals surface area contributed by atoms with E-state index in [1.165, 1.54) is 30.3 Å². The van der Waals surface area contributed by atoms with Gasteiger partial charge in [-0.1, -0.05) is 18.2 Å². The van der Waals surface area contributed by atoms with Crippen LogP contribution in [0, 0.1) is 17.5 Å². The molecule has 1 N–H and O–H groups in total. The standard InChI is InChI=1S/C15H14F3N/c1-19-15(10-4-2-5-11(16)8-10)9-12-13(17)6-3-7-14(12)18/h2-8,15,19H,9H2,1H3. The van der Waals surface area contributed by atoms with E-state index in [0.717, 1.165) is 0 Å². The summed E-state index contributed by atoms with van der Waals surface area (Å²) < 4.78 is 40.4. The van der Waals surface area contributed by atoms with Crippen molar-refractivity contribution >= 4 is 0 Å². The Balaban J connectivity index is 2.29. The maximum Gasteiger partial charge on any atom is 0.129 e. The SMILES string of the molecule is CNC(Cc1c(F)cccc1F)c1cccc(F)c1. The summed E-state index contributed by atoms with van der Waals surface area (Å²) in [4.78, 5) is 0. The van der Waals surface area contributed by atoms with Crippen molar-refractivity contribution in [2.45, 2.75) is 12.5 Å². The second-order valence-corrected chi connectivity index (χ2v) is 4.30. The van der Waals surface area contributed by atoms with Gasteiger partial charge in [0, 0.05) is 11.6 Å². The molecule has 0 saturated heterocycles. The van der Waals surface area contributed by atoms with Gasteiger partial charge in [-0.3, -0.25) is 0 Å². The van der Waals surface area contributed by atoms with E-state index < -0.39 is 11.6 Å². The van der Waals surface area contributed by atoms with Crippen molar-refractivity contribution in [2.75, 3.05) is 7.05 Å². The van der Waals surface area contributed by atoms with Crippen LogP contribution in [-0.2, 0) is 6.42 Å². The highest BCUT2D eigenvalue weighted by molar-refractivity contribution is 5.26. The molecule has 0 fully saturated rings. The topological polar surface area (TPSA) is 12.0 Å². The van der Waals surface area contributed by atoms with Gasteiger partial charge in [-0.2, -0.15) is 0 Å². The van der Waals surface area contributed by atoms with Crippen LogP contribution in [0.5, 0.6) is 0 Å². The Labute approximate surface area is 110 Å². The third-order valence-electron chi connectivity index (χ3n) is 3.07. The molecule has 0 bridgehead atoms. The van der Waals surface area contributed by atoms with Crippen molar-refractivity contribution in [2.24, 2.45) is 0 Å². The highest BCUT2D eigenvalue weighted by atomic mass is 19.1. The zero-order valence-electron chi connectivity index (χ0n) is 10.5. The van der Waals surface area contributed by atoms with E-state index in [9.17, 15) is 13.2 Å². The molecule has 1 nitrogen and oxygen atoms in total. The molecule has 4 heteroatoms. The maximum atomic E-state index is 13.6. The molecular weight excluding hydrogens is 251 g/mol. The summed E-state index contributed by atoms with van der Waals surface area (Å²) in [5, 5.41) is 2.95. The predicted octanol–water partition coefficient (Wildman–Crippen LogP) is 3.61. The van der Waals surface area contributed by atoms with Crippen molar-refractivity contribution in [3.63, 3.8) is 0 Å². The molecule has 0 aliphatic carbocycles. The van der Waals surface area contributed by atoms with E-state index in [1.807, 2.05) is 0 Å². The number of rotatable bonds is 4. The Kier molecular flexibility index (Phi) is 4.22. The zero-order chi connectivity index (χ0) is 13.8. The van der Waals surface area contributed by atoms with Crippen LogP contribution in [0.4, 0.5) is 13.2 Å². The summed E-state index contributed by atoms with van der Waals surface area (Å²) in [7, 11) is 1.67. The lowest BCUT2D eigenvalue weighted by Crippen LogP contribution is -2.20. The van der Waals surface area contributed by atoms with E-state index in [1.54, 1.807) is 19.2 Å². The average molecular weight is 265 g/mol. The fourth-order valence-corrected chi connectivity index (χ4v) is 2.04. The molecule has 2 aromatic rings. The van der Waals surface area contributed by atoms with Crippen LogP contribution >= 0.6 is 0 Å². The van der Waals surface area contributed by atoms with E-state index in [4.69, 9.17) is 0 Å². The molecule has 100 valence electrons. The molecule has 1 atom stereocenters. The third kappa shape index (κ3) is 3.15. The van der Waals surface area contributed by atoms with Gasteiger partial charge in [0.1, 0.15) is 17.5 Å². The van der Waals surface area contributed by atoms with Crippen molar-refractivity contribution in [3.05, 3.63) is 71.0 Å². The van der Waals surface area contributed by atoms with Crippen LogP contribution in [-0.4, -0.2) is 7.05 Å². The maximum absolute atomic E-state index is 13.6. The monoisotopic (exact) mass is 265 g/mol. The fourth-order valence-electron chi connectivity index (χ4n) is 2.04. The Bertz CT molecular complexity index is 549. The second kappa shape index (κ2) is 5.89. The number of nitrogens with one attached hydrogen (secondary N) is 1. The molecule has 0 spiro atoms. The Morgan fingerprint density at radius 3 is 2.21 bits per heavy atom. The van der Waals surface area contributed by atoms with Crippen molar-refractivity contribution in [1.29, 1.82) is 0 Å². The molecule has 0 aromatic heterocycles. The highest BCUT2D eigenvalue weighted by Crippen LogP contribution is 2.22. The van der Waals surface area contributed by atoms with Gasteiger partial charge in [-0.15, -0.1) is 0 Å². The molecule has 0 aliphatic rings. The quantitative estimate of drug-likeness (QED) is 0.890. The zero-order valence-corrected chi connectivity index (χ0v) is 10.5. The highest BCUT2D eigenvalue weighted by Gasteiger charge is 2.16. The van der Waals surface area contributed by atoms with Gasteiger partial charge in [0.2, 0.25) is 0 Å². The minimum Gasteiger partial charge on any atom is -0.313 e. The predicted molar refractivity (Wildman–Crippen MR) is 68.3 cm³/mol. The summed E-state index contributed by atoms with van der Waals surface area (Å²) in [6.45, 7) is 0. The van der Waals surface area contributed by atoms with Crippen molar-refractivity contribution in [1.82, 2.24) is 5.32 Å². The van der Waals surface area contributed by atoms with E-state index in [0.29, 0.717) is 5.56 Å². The summed E-state index contributed by atoms with van der Waals surface area (Å²) in [5.74, 6) is -1.54. The molecule has 2 rings (SSSR count). The number of hydrogen-bond donors (Lipinski definition) is 1. The first-order valence-electron chi connectivity index (χ1n) is 5.97. The number of halogens is 3. The van der Waals surface area contributed by atoms with Gasteiger partial charge in [0.15, 0.2) is 0 Å². The first-order valence-corrected chi connectivity index (χ1v) is 5.97. The molecule has 0 saturated carbocycles. The van der Waals surface area contributed by atoms with Gasteiger partial charge in [-0.05, 0) is 43.3 Å². The van der Waals surface area contributed by atoms with Crippen LogP contribution < -0.4 is 5.32 Å². The average Bonchev–Trinajstić information content (AvgIpc) is 2.38. The first-order chi connectivity index (χ1) is 9.11. The summed E-state index contributed by atoms with van der Waals surface area (Å²) >= 11 is 0. The van der Waals surface area contributed by atoms with E-state index in [-0.39, 0.29) is 23.8 Å². The Morgan fingerprint density at radius 2 is 1.63 bits per heavy atom. The van der Waals surface area contributed by atoms with Crippen LogP contribution in [0.3, 0.4) is 0 Å². The Hall–Kier alpha value is -1.81. The van der Waals surface area contributed by atoms with Crippen LogP contribution in [0.25, 0.3) is 0 Å². The van der Waals surface area contributed by atoms with Gasteiger partial charge in [0.05, 0.1) is 0 Å². The first kappa shape index (κ1) is 13.6. The van der Waals surface area contributed by atoms with Crippen LogP contribution in [0.1, 0.15) is 17.2 Å². The van der Waals surface area contributed by atoms with E-state index >= 15 is 0 Å². The van der Waals surface area contributed by atoms with Crippen LogP contribution in [0.2, 0.25) is 0 Å². The molecule has 0 aliphatic heterocycles. The lowest BCUT2D eigenvalue weighted by atomic mass is 9.98. The minimum atomic E-state index is -0.586. The Morgan fingerprint density at radius 1 is 1.00 bits per heavy atom. The summed E-state index contributed by atoms with van der Waals surface area (Å²) in [6, 6.07) is 9.41. The number of likely N-dealkylation sites (N-methyl/N-ethyl adjacent to an activating group) is 1. The smallest absolute Gasteiger partial charge is 0.129 e. The number of benzene rings is 2. The molecule has 0 radical (unpaired) electrons. The van der Waals surface area contributed by atoms with Gasteiger partial charge in [-0.25, -0.2) is 13.2 Å². The van der Waals surface area contributed by atoms with Gasteiger partial charge >= 0.3 is 0 Å². The summed E-state index contributed by atoms with van der Waals surface area (Å²) in [5.41, 5.74) is 0.663. The summed E-state index contributed by atoms with van der Waals surface area (Å²) in [6.07, 6.45) is 0.123. The molecule has 0 heterocycles. The van der Waals surface area contributed by atoms with E-state index in [2.05, 4.69) is 5.32 Å². The third-order valence-corrected chi connectivity index (χ3v) is 3.07. The van der Waals surface area contributed by atoms with Crippen LogP contribution in [0.15, 0.2) is 42.5 Å². The van der Waals surface area contributed by atoms with Gasteiger partial charge in [0.25, 0.3) is 0 Å². The molecule has 2 aromatic carbocycles. The number of hydrogen-bond acceptors (Lipinski definition) is 1. The lowest BCUT2D eigenvalue weighted by Gasteiger charge is -2.17. The molecule has 0 amide bonds. The molecular formula is C15H14F3N. The van der Waals surface area contributed by atoms with Gasteiger partial charge < -0.3 is 5.32 Å². The molecule has 19 heavy (non-hydrogen) atoms. The normalized spacial score (nSPS) is 12.4. The lowest BCUT2D eigenvalue weighted by molar-refractivity contribution is 0.513. The van der Waals surface area contributed by atoms with Crippen molar-refractivity contribution in [3.8, 4) is 0 Å². The van der Waals surface area contributed by atoms with Crippen molar-refractivity contribution < 1.29 is 13.2 Å². The molecule has 1 unspecified atom stereocenters. The minimum absolute atomic E-state index is 0.00566. The largest absolute Gasteiger partial charge is 0.313 e. The second-order valence-electron chi connectivity index (χ2n) is 4.30. The fraction of sp³-hybridized carbons (Fsp3) is 0.200.